The predicted octanol–water partition coefficient (Wildman–Crippen LogP) is 3.64. The van der Waals surface area contributed by atoms with Crippen LogP contribution < -0.4 is 0 Å². The van der Waals surface area contributed by atoms with Crippen molar-refractivity contribution < 1.29 is 9.18 Å². The Morgan fingerprint density at radius 3 is 2.58 bits per heavy atom. The van der Waals surface area contributed by atoms with Crippen molar-refractivity contribution in [1.82, 2.24) is 4.57 Å². The van der Waals surface area contributed by atoms with E-state index in [1.165, 1.54) is 12.1 Å². The van der Waals surface area contributed by atoms with Crippen molar-refractivity contribution in [3.63, 3.8) is 0 Å². The van der Waals surface area contributed by atoms with Crippen LogP contribution in [0.3, 0.4) is 0 Å². The molecule has 0 unspecified atom stereocenters. The number of aromatic nitrogens is 1. The molecule has 1 aromatic heterocycles. The molecule has 0 aliphatic carbocycles. The quantitative estimate of drug-likeness (QED) is 0.653. The van der Waals surface area contributed by atoms with Crippen molar-refractivity contribution in [3.05, 3.63) is 71.7 Å². The highest BCUT2D eigenvalue weighted by Gasteiger charge is 2.03. The zero-order valence-corrected chi connectivity index (χ0v) is 10.2. The smallest absolute Gasteiger partial charge is 0.150 e. The molecule has 19 heavy (non-hydrogen) atoms. The van der Waals surface area contributed by atoms with Gasteiger partial charge in [0.25, 0.3) is 0 Å². The average molecular weight is 253 g/mol. The summed E-state index contributed by atoms with van der Waals surface area (Å²) < 4.78 is 14.9. The number of hydrogen-bond acceptors (Lipinski definition) is 1. The second-order valence-corrected chi connectivity index (χ2v) is 4.51. The van der Waals surface area contributed by atoms with Gasteiger partial charge in [0.05, 0.1) is 0 Å². The zero-order chi connectivity index (χ0) is 13.2. The predicted molar refractivity (Wildman–Crippen MR) is 72.8 cm³/mol. The lowest BCUT2D eigenvalue weighted by molar-refractivity contribution is 0.112. The summed E-state index contributed by atoms with van der Waals surface area (Å²) in [5.41, 5.74) is 2.78. The summed E-state index contributed by atoms with van der Waals surface area (Å²) in [6.45, 7) is 0.685. The fourth-order valence-electron chi connectivity index (χ4n) is 2.22. The molecule has 3 aromatic rings. The van der Waals surface area contributed by atoms with Crippen LogP contribution in [0.5, 0.6) is 0 Å². The third kappa shape index (κ3) is 2.27. The standard InChI is InChI=1S/C16H12FNO/c17-15-4-1-12(2-5-15)10-18-8-7-14-9-13(11-19)3-6-16(14)18/h1-9,11H,10H2. The van der Waals surface area contributed by atoms with Gasteiger partial charge in [-0.05, 0) is 42.0 Å². The monoisotopic (exact) mass is 253 g/mol. The van der Waals surface area contributed by atoms with Crippen molar-refractivity contribution in [2.75, 3.05) is 0 Å². The van der Waals surface area contributed by atoms with E-state index in [2.05, 4.69) is 4.57 Å². The number of hydrogen-bond donors (Lipinski definition) is 0. The van der Waals surface area contributed by atoms with Crippen LogP contribution in [0, 0.1) is 5.82 Å². The molecule has 0 atom stereocenters. The summed E-state index contributed by atoms with van der Waals surface area (Å²) in [4.78, 5) is 10.7. The van der Waals surface area contributed by atoms with E-state index in [-0.39, 0.29) is 5.82 Å². The first-order chi connectivity index (χ1) is 9.26. The zero-order valence-electron chi connectivity index (χ0n) is 10.2. The molecule has 2 nitrogen and oxygen atoms in total. The molecule has 3 rings (SSSR count). The van der Waals surface area contributed by atoms with Gasteiger partial charge < -0.3 is 4.57 Å². The Morgan fingerprint density at radius 1 is 1.05 bits per heavy atom. The molecule has 0 radical (unpaired) electrons. The fourth-order valence-corrected chi connectivity index (χ4v) is 2.22. The molecule has 0 amide bonds. The van der Waals surface area contributed by atoms with Gasteiger partial charge in [0, 0.05) is 29.2 Å². The molecule has 0 aliphatic rings. The molecule has 0 aliphatic heterocycles. The Hall–Kier alpha value is -2.42. The van der Waals surface area contributed by atoms with E-state index in [0.717, 1.165) is 22.8 Å². The first kappa shape index (κ1) is 11.7. The van der Waals surface area contributed by atoms with E-state index >= 15 is 0 Å². The van der Waals surface area contributed by atoms with E-state index < -0.39 is 0 Å². The summed E-state index contributed by atoms with van der Waals surface area (Å²) in [5.74, 6) is -0.225. The highest BCUT2D eigenvalue weighted by Crippen LogP contribution is 2.18. The highest BCUT2D eigenvalue weighted by molar-refractivity contribution is 5.87. The number of rotatable bonds is 3. The van der Waals surface area contributed by atoms with Crippen molar-refractivity contribution in [1.29, 1.82) is 0 Å². The Balaban J connectivity index is 1.97. The molecule has 0 spiro atoms. The molecule has 3 heteroatoms. The van der Waals surface area contributed by atoms with Gasteiger partial charge in [-0.3, -0.25) is 4.79 Å². The van der Waals surface area contributed by atoms with Crippen LogP contribution in [0.2, 0.25) is 0 Å². The molecular weight excluding hydrogens is 241 g/mol. The summed E-state index contributed by atoms with van der Waals surface area (Å²) >= 11 is 0. The first-order valence-electron chi connectivity index (χ1n) is 6.05. The largest absolute Gasteiger partial charge is 0.343 e. The van der Waals surface area contributed by atoms with Gasteiger partial charge in [-0.25, -0.2) is 4.39 Å². The van der Waals surface area contributed by atoms with Crippen LogP contribution in [0.4, 0.5) is 4.39 Å². The number of aldehydes is 1. The van der Waals surface area contributed by atoms with Crippen LogP contribution in [0.1, 0.15) is 15.9 Å². The molecule has 0 saturated heterocycles. The molecule has 0 fully saturated rings. The van der Waals surface area contributed by atoms with E-state index in [1.807, 2.05) is 24.4 Å². The summed E-state index contributed by atoms with van der Waals surface area (Å²) in [6.07, 6.45) is 2.82. The Kier molecular flexibility index (Phi) is 2.88. The van der Waals surface area contributed by atoms with Gasteiger partial charge in [-0.2, -0.15) is 0 Å². The lowest BCUT2D eigenvalue weighted by Gasteiger charge is -2.06. The molecule has 2 aromatic carbocycles. The molecule has 0 saturated carbocycles. The van der Waals surface area contributed by atoms with Crippen LogP contribution in [-0.4, -0.2) is 10.9 Å². The minimum atomic E-state index is -0.225. The summed E-state index contributed by atoms with van der Waals surface area (Å²) in [7, 11) is 0. The average Bonchev–Trinajstić information content (AvgIpc) is 2.83. The Labute approximate surface area is 110 Å². The van der Waals surface area contributed by atoms with Crippen molar-refractivity contribution >= 4 is 17.2 Å². The Morgan fingerprint density at radius 2 is 1.84 bits per heavy atom. The topological polar surface area (TPSA) is 22.0 Å². The van der Waals surface area contributed by atoms with Gasteiger partial charge in [-0.1, -0.05) is 12.1 Å². The van der Waals surface area contributed by atoms with Gasteiger partial charge in [0.2, 0.25) is 0 Å². The SMILES string of the molecule is O=Cc1ccc2c(ccn2Cc2ccc(F)cc2)c1. The molecular formula is C16H12FNO. The molecule has 1 heterocycles. The van der Waals surface area contributed by atoms with Crippen LogP contribution >= 0.6 is 0 Å². The minimum Gasteiger partial charge on any atom is -0.343 e. The highest BCUT2D eigenvalue weighted by atomic mass is 19.1. The number of nitrogens with zero attached hydrogens (tertiary/aromatic N) is 1. The van der Waals surface area contributed by atoms with Crippen LogP contribution in [0.25, 0.3) is 10.9 Å². The maximum absolute atomic E-state index is 12.9. The van der Waals surface area contributed by atoms with E-state index in [1.54, 1.807) is 18.2 Å². The Bertz CT molecular complexity index is 728. The summed E-state index contributed by atoms with van der Waals surface area (Å²) in [6, 6.07) is 14.1. The molecule has 0 N–H and O–H groups in total. The van der Waals surface area contributed by atoms with Gasteiger partial charge in [0.15, 0.2) is 0 Å². The van der Waals surface area contributed by atoms with E-state index in [0.29, 0.717) is 12.1 Å². The number of carbonyl (C=O) groups is 1. The third-order valence-corrected chi connectivity index (χ3v) is 3.20. The van der Waals surface area contributed by atoms with Gasteiger partial charge >= 0.3 is 0 Å². The van der Waals surface area contributed by atoms with Crippen molar-refractivity contribution in [2.24, 2.45) is 0 Å². The second-order valence-electron chi connectivity index (χ2n) is 4.51. The first-order valence-corrected chi connectivity index (χ1v) is 6.05. The minimum absolute atomic E-state index is 0.225. The van der Waals surface area contributed by atoms with Crippen molar-refractivity contribution in [2.45, 2.75) is 6.54 Å². The van der Waals surface area contributed by atoms with E-state index in [9.17, 15) is 9.18 Å². The second kappa shape index (κ2) is 4.69. The number of carbonyl (C=O) groups excluding carboxylic acids is 1. The number of benzene rings is 2. The number of fused-ring (bicyclic) bond motifs is 1. The number of halogens is 1. The molecule has 94 valence electrons. The third-order valence-electron chi connectivity index (χ3n) is 3.20. The van der Waals surface area contributed by atoms with Gasteiger partial charge in [-0.15, -0.1) is 0 Å². The normalized spacial score (nSPS) is 10.8. The fraction of sp³-hybridized carbons (Fsp3) is 0.0625. The lowest BCUT2D eigenvalue weighted by Crippen LogP contribution is -1.97. The lowest BCUT2D eigenvalue weighted by atomic mass is 10.2. The maximum atomic E-state index is 12.9. The van der Waals surface area contributed by atoms with Crippen LogP contribution in [-0.2, 0) is 6.54 Å². The van der Waals surface area contributed by atoms with E-state index in [4.69, 9.17) is 0 Å². The van der Waals surface area contributed by atoms with Crippen molar-refractivity contribution in [3.8, 4) is 0 Å². The molecule has 0 bridgehead atoms. The van der Waals surface area contributed by atoms with Gasteiger partial charge in [0.1, 0.15) is 12.1 Å². The summed E-state index contributed by atoms with van der Waals surface area (Å²) in [5, 5.41) is 1.03. The van der Waals surface area contributed by atoms with Crippen LogP contribution in [0.15, 0.2) is 54.7 Å². The maximum Gasteiger partial charge on any atom is 0.150 e.